The standard InChI is InChI=1S/C29H33N5O2/c1-20-24(18-33(3)30-20)19-34(15-14-23-17-32(2)27-7-5-4-6-25(23)27)28-12-10-22-16-21(8-11-26(22)28)9-13-29(35)31-36/h4-9,11,13,16-18,28,36H,10,12,14-15,19H2,1-3H3,(H,31,35). The van der Waals surface area contributed by atoms with Crippen LogP contribution in [0, 0.1) is 6.92 Å². The highest BCUT2D eigenvalue weighted by molar-refractivity contribution is 5.90. The SMILES string of the molecule is Cc1nn(C)cc1CN(CCc1cn(C)c2ccccc12)C1CCc2cc(C=CC(=O)NO)ccc21. The molecule has 0 bridgehead atoms. The van der Waals surface area contributed by atoms with E-state index in [1.807, 2.05) is 11.7 Å². The van der Waals surface area contributed by atoms with Crippen molar-refractivity contribution in [2.24, 2.45) is 14.1 Å². The summed E-state index contributed by atoms with van der Waals surface area (Å²) in [7, 11) is 4.10. The molecule has 186 valence electrons. The summed E-state index contributed by atoms with van der Waals surface area (Å²) in [5, 5.41) is 14.6. The fourth-order valence-corrected chi connectivity index (χ4v) is 5.56. The Labute approximate surface area is 211 Å². The molecule has 7 heteroatoms. The summed E-state index contributed by atoms with van der Waals surface area (Å²) in [6.45, 7) is 3.89. The molecule has 0 fully saturated rings. The number of nitrogens with zero attached hydrogens (tertiary/aromatic N) is 4. The second kappa shape index (κ2) is 10.1. The van der Waals surface area contributed by atoms with Crippen LogP contribution in [-0.4, -0.2) is 36.9 Å². The molecule has 0 aliphatic heterocycles. The highest BCUT2D eigenvalue weighted by Crippen LogP contribution is 2.38. The van der Waals surface area contributed by atoms with Gasteiger partial charge < -0.3 is 4.57 Å². The van der Waals surface area contributed by atoms with Gasteiger partial charge in [0.1, 0.15) is 0 Å². The number of rotatable bonds is 8. The molecule has 2 heterocycles. The van der Waals surface area contributed by atoms with Crippen LogP contribution >= 0.6 is 0 Å². The molecule has 7 nitrogen and oxygen atoms in total. The molecular weight excluding hydrogens is 450 g/mol. The number of hydrogen-bond donors (Lipinski definition) is 2. The van der Waals surface area contributed by atoms with Crippen molar-refractivity contribution < 1.29 is 10.0 Å². The number of hydrogen-bond acceptors (Lipinski definition) is 4. The molecule has 1 aliphatic rings. The van der Waals surface area contributed by atoms with Gasteiger partial charge in [0.05, 0.1) is 5.69 Å². The van der Waals surface area contributed by atoms with Gasteiger partial charge >= 0.3 is 0 Å². The molecule has 0 saturated heterocycles. The highest BCUT2D eigenvalue weighted by Gasteiger charge is 2.29. The molecule has 0 radical (unpaired) electrons. The minimum atomic E-state index is -0.528. The molecular formula is C29H33N5O2. The van der Waals surface area contributed by atoms with E-state index in [-0.39, 0.29) is 0 Å². The number of carbonyl (C=O) groups is 1. The molecule has 0 spiro atoms. The second-order valence-corrected chi connectivity index (χ2v) is 9.74. The van der Waals surface area contributed by atoms with Gasteiger partial charge in [0.15, 0.2) is 0 Å². The summed E-state index contributed by atoms with van der Waals surface area (Å²) in [4.78, 5) is 14.0. The van der Waals surface area contributed by atoms with Crippen molar-refractivity contribution in [1.29, 1.82) is 0 Å². The maximum atomic E-state index is 11.4. The van der Waals surface area contributed by atoms with Crippen molar-refractivity contribution in [3.63, 3.8) is 0 Å². The Kier molecular flexibility index (Phi) is 6.76. The maximum Gasteiger partial charge on any atom is 0.267 e. The topological polar surface area (TPSA) is 75.3 Å². The number of amides is 1. The molecule has 2 aromatic carbocycles. The van der Waals surface area contributed by atoms with E-state index >= 15 is 0 Å². The third kappa shape index (κ3) is 4.85. The summed E-state index contributed by atoms with van der Waals surface area (Å²) < 4.78 is 4.12. The van der Waals surface area contributed by atoms with E-state index in [0.29, 0.717) is 6.04 Å². The lowest BCUT2D eigenvalue weighted by molar-refractivity contribution is -0.124. The van der Waals surface area contributed by atoms with Crippen LogP contribution in [0.1, 0.15) is 46.0 Å². The van der Waals surface area contributed by atoms with Crippen LogP contribution < -0.4 is 5.48 Å². The number of fused-ring (bicyclic) bond motifs is 2. The first-order chi connectivity index (χ1) is 17.4. The van der Waals surface area contributed by atoms with Gasteiger partial charge in [0.2, 0.25) is 0 Å². The largest absolute Gasteiger partial charge is 0.350 e. The van der Waals surface area contributed by atoms with Crippen molar-refractivity contribution in [2.75, 3.05) is 6.54 Å². The molecule has 2 aromatic heterocycles. The lowest BCUT2D eigenvalue weighted by Gasteiger charge is -2.29. The van der Waals surface area contributed by atoms with Crippen LogP contribution in [0.15, 0.2) is 60.9 Å². The van der Waals surface area contributed by atoms with E-state index in [1.54, 1.807) is 11.6 Å². The molecule has 1 amide bonds. The van der Waals surface area contributed by atoms with E-state index in [9.17, 15) is 4.79 Å². The number of benzene rings is 2. The first-order valence-corrected chi connectivity index (χ1v) is 12.4. The van der Waals surface area contributed by atoms with Gasteiger partial charge in [-0.1, -0.05) is 36.4 Å². The third-order valence-corrected chi connectivity index (χ3v) is 7.33. The third-order valence-electron chi connectivity index (χ3n) is 7.33. The van der Waals surface area contributed by atoms with Crippen LogP contribution in [0.2, 0.25) is 0 Å². The van der Waals surface area contributed by atoms with E-state index in [0.717, 1.165) is 43.6 Å². The summed E-state index contributed by atoms with van der Waals surface area (Å²) >= 11 is 0. The van der Waals surface area contributed by atoms with Gasteiger partial charge in [-0.25, -0.2) is 5.48 Å². The van der Waals surface area contributed by atoms with Gasteiger partial charge in [-0.15, -0.1) is 0 Å². The molecule has 5 rings (SSSR count). The molecule has 4 aromatic rings. The lowest BCUT2D eigenvalue weighted by Crippen LogP contribution is -2.29. The van der Waals surface area contributed by atoms with E-state index < -0.39 is 5.91 Å². The average molecular weight is 484 g/mol. The van der Waals surface area contributed by atoms with E-state index in [4.69, 9.17) is 5.21 Å². The fraction of sp³-hybridized carbons (Fsp3) is 0.310. The number of aromatic nitrogens is 3. The van der Waals surface area contributed by atoms with Crippen molar-refractivity contribution >= 4 is 22.9 Å². The first kappa shape index (κ1) is 24.0. The van der Waals surface area contributed by atoms with Gasteiger partial charge in [-0.2, -0.15) is 5.10 Å². The minimum absolute atomic E-state index is 0.327. The predicted octanol–water partition coefficient (Wildman–Crippen LogP) is 4.47. The highest BCUT2D eigenvalue weighted by atomic mass is 16.5. The molecule has 2 N–H and O–H groups in total. The summed E-state index contributed by atoms with van der Waals surface area (Å²) in [5.74, 6) is -0.528. The van der Waals surface area contributed by atoms with Crippen molar-refractivity contribution in [3.05, 3.63) is 94.4 Å². The lowest BCUT2D eigenvalue weighted by atomic mass is 10.0. The van der Waals surface area contributed by atoms with Crippen LogP contribution in [0.25, 0.3) is 17.0 Å². The van der Waals surface area contributed by atoms with Crippen molar-refractivity contribution in [1.82, 2.24) is 24.7 Å². The monoisotopic (exact) mass is 483 g/mol. The smallest absolute Gasteiger partial charge is 0.267 e. The zero-order valence-corrected chi connectivity index (χ0v) is 21.1. The number of nitrogens with one attached hydrogen (secondary N) is 1. The van der Waals surface area contributed by atoms with Gasteiger partial charge in [0.25, 0.3) is 5.91 Å². The number of carbonyl (C=O) groups excluding carboxylic acids is 1. The number of hydroxylamine groups is 1. The zero-order valence-electron chi connectivity index (χ0n) is 21.1. The zero-order chi connectivity index (χ0) is 25.2. The van der Waals surface area contributed by atoms with Crippen LogP contribution in [-0.2, 0) is 38.3 Å². The van der Waals surface area contributed by atoms with Crippen LogP contribution in [0.4, 0.5) is 0 Å². The Morgan fingerprint density at radius 1 is 1.19 bits per heavy atom. The fourth-order valence-electron chi connectivity index (χ4n) is 5.56. The molecule has 1 aliphatic carbocycles. The van der Waals surface area contributed by atoms with Gasteiger partial charge in [-0.05, 0) is 60.6 Å². The Morgan fingerprint density at radius 2 is 2.03 bits per heavy atom. The van der Waals surface area contributed by atoms with Gasteiger partial charge in [-0.3, -0.25) is 19.6 Å². The molecule has 0 saturated carbocycles. The number of aryl methyl sites for hydroxylation is 4. The van der Waals surface area contributed by atoms with Crippen LogP contribution in [0.5, 0.6) is 0 Å². The Morgan fingerprint density at radius 3 is 2.81 bits per heavy atom. The van der Waals surface area contributed by atoms with Gasteiger partial charge in [0, 0.05) is 68.2 Å². The Bertz CT molecular complexity index is 1430. The summed E-state index contributed by atoms with van der Waals surface area (Å²) in [5.41, 5.74) is 10.3. The first-order valence-electron chi connectivity index (χ1n) is 12.4. The normalized spacial score (nSPS) is 15.3. The van der Waals surface area contributed by atoms with E-state index in [2.05, 4.69) is 83.4 Å². The Hall–Kier alpha value is -3.68. The maximum absolute atomic E-state index is 11.4. The molecule has 1 atom stereocenters. The number of para-hydroxylation sites is 1. The quantitative estimate of drug-likeness (QED) is 0.220. The summed E-state index contributed by atoms with van der Waals surface area (Å²) in [6, 6.07) is 15.4. The molecule has 36 heavy (non-hydrogen) atoms. The summed E-state index contributed by atoms with van der Waals surface area (Å²) in [6.07, 6.45) is 10.5. The second-order valence-electron chi connectivity index (χ2n) is 9.74. The average Bonchev–Trinajstić information content (AvgIpc) is 3.54. The van der Waals surface area contributed by atoms with Crippen molar-refractivity contribution in [2.45, 2.75) is 38.8 Å². The molecule has 1 unspecified atom stereocenters. The van der Waals surface area contributed by atoms with Crippen LogP contribution in [0.3, 0.4) is 0 Å². The van der Waals surface area contributed by atoms with E-state index in [1.165, 1.54) is 39.2 Å². The Balaban J connectivity index is 1.42. The predicted molar refractivity (Wildman–Crippen MR) is 141 cm³/mol. The minimum Gasteiger partial charge on any atom is -0.350 e. The van der Waals surface area contributed by atoms with Crippen molar-refractivity contribution in [3.8, 4) is 0 Å².